The third kappa shape index (κ3) is 3.75. The summed E-state index contributed by atoms with van der Waals surface area (Å²) in [5, 5.41) is 3.30. The third-order valence-electron chi connectivity index (χ3n) is 4.25. The molecule has 0 bridgehead atoms. The van der Waals surface area contributed by atoms with Crippen molar-refractivity contribution in [3.8, 4) is 0 Å². The van der Waals surface area contributed by atoms with Crippen LogP contribution in [0.5, 0.6) is 0 Å². The first-order valence-corrected chi connectivity index (χ1v) is 10.7. The van der Waals surface area contributed by atoms with Crippen LogP contribution in [-0.2, 0) is 4.79 Å². The molecule has 3 heterocycles. The van der Waals surface area contributed by atoms with Crippen molar-refractivity contribution in [3.05, 3.63) is 39.0 Å². The number of rotatable bonds is 3. The van der Waals surface area contributed by atoms with Gasteiger partial charge >= 0.3 is 0 Å². The van der Waals surface area contributed by atoms with Crippen molar-refractivity contribution in [2.75, 3.05) is 0 Å². The summed E-state index contributed by atoms with van der Waals surface area (Å²) in [5.74, 6) is 0.668. The molecule has 0 spiro atoms. The summed E-state index contributed by atoms with van der Waals surface area (Å²) in [6.45, 7) is 0. The molecule has 130 valence electrons. The highest BCUT2D eigenvalue weighted by Gasteiger charge is 2.39. The number of carbonyl (C=O) groups is 1. The highest BCUT2D eigenvalue weighted by molar-refractivity contribution is 9.10. The molecule has 1 saturated carbocycles. The van der Waals surface area contributed by atoms with E-state index in [2.05, 4.69) is 25.9 Å². The molecule has 1 aliphatic heterocycles. The van der Waals surface area contributed by atoms with E-state index in [1.54, 1.807) is 12.3 Å². The lowest BCUT2D eigenvalue weighted by Crippen LogP contribution is -2.40. The van der Waals surface area contributed by atoms with Crippen molar-refractivity contribution in [3.63, 3.8) is 0 Å². The lowest BCUT2D eigenvalue weighted by Gasteiger charge is -2.30. The van der Waals surface area contributed by atoms with Gasteiger partial charge in [0.25, 0.3) is 5.91 Å². The topological polar surface area (TPSA) is 58.7 Å². The summed E-state index contributed by atoms with van der Waals surface area (Å²) < 4.78 is 6.17. The molecule has 2 aromatic heterocycles. The largest absolute Gasteiger partial charge is 0.450 e. The smallest absolute Gasteiger partial charge is 0.267 e. The van der Waals surface area contributed by atoms with Crippen LogP contribution in [-0.4, -0.2) is 27.0 Å². The zero-order valence-electron chi connectivity index (χ0n) is 13.4. The molecule has 0 aromatic carbocycles. The lowest BCUT2D eigenvalue weighted by molar-refractivity contribution is -0.124. The highest BCUT2D eigenvalue weighted by atomic mass is 79.9. The van der Waals surface area contributed by atoms with E-state index >= 15 is 0 Å². The van der Waals surface area contributed by atoms with E-state index < -0.39 is 0 Å². The zero-order chi connectivity index (χ0) is 17.2. The van der Waals surface area contributed by atoms with E-state index in [1.807, 2.05) is 22.4 Å². The van der Waals surface area contributed by atoms with E-state index in [1.165, 1.54) is 29.5 Å². The molecule has 2 fully saturated rings. The fraction of sp³-hybridized carbons (Fsp3) is 0.353. The van der Waals surface area contributed by atoms with Crippen LogP contribution >= 0.6 is 39.0 Å². The van der Waals surface area contributed by atoms with Crippen LogP contribution in [0.4, 0.5) is 5.13 Å². The second-order valence-electron chi connectivity index (χ2n) is 5.93. The second-order valence-corrected chi connectivity index (χ2v) is 8.59. The Morgan fingerprint density at radius 1 is 1.32 bits per heavy atom. The Labute approximate surface area is 162 Å². The van der Waals surface area contributed by atoms with E-state index in [9.17, 15) is 4.79 Å². The Morgan fingerprint density at radius 2 is 2.16 bits per heavy atom. The average Bonchev–Trinajstić information content (AvgIpc) is 3.32. The van der Waals surface area contributed by atoms with Crippen LogP contribution in [0.3, 0.4) is 0 Å². The number of thiazole rings is 1. The molecule has 0 atom stereocenters. The van der Waals surface area contributed by atoms with Gasteiger partial charge < -0.3 is 4.42 Å². The SMILES string of the molecule is O=C1/C(=C\c2ccc(Br)o2)S/C(=N/c2nccs2)N1C1CCCCC1. The van der Waals surface area contributed by atoms with Gasteiger partial charge in [-0.3, -0.25) is 9.69 Å². The molecule has 0 unspecified atom stereocenters. The molecule has 2 aromatic rings. The monoisotopic (exact) mass is 437 g/mol. The molecule has 1 amide bonds. The Balaban J connectivity index is 1.68. The highest BCUT2D eigenvalue weighted by Crippen LogP contribution is 2.38. The number of aromatic nitrogens is 1. The van der Waals surface area contributed by atoms with Crippen LogP contribution in [0.2, 0.25) is 0 Å². The molecule has 0 radical (unpaired) electrons. The molecule has 1 aliphatic carbocycles. The minimum Gasteiger partial charge on any atom is -0.450 e. The van der Waals surface area contributed by atoms with Gasteiger partial charge in [-0.2, -0.15) is 4.99 Å². The van der Waals surface area contributed by atoms with E-state index in [4.69, 9.17) is 4.42 Å². The molecule has 1 saturated heterocycles. The molecule has 0 N–H and O–H groups in total. The van der Waals surface area contributed by atoms with Gasteiger partial charge in [0.15, 0.2) is 9.84 Å². The second kappa shape index (κ2) is 7.47. The molecule has 4 rings (SSSR count). The number of furan rings is 1. The van der Waals surface area contributed by atoms with Crippen LogP contribution < -0.4 is 0 Å². The number of thioether (sulfide) groups is 1. The summed E-state index contributed by atoms with van der Waals surface area (Å²) in [7, 11) is 0. The average molecular weight is 438 g/mol. The van der Waals surface area contributed by atoms with E-state index in [-0.39, 0.29) is 11.9 Å². The standard InChI is InChI=1S/C17H16BrN3O2S2/c18-14-7-6-12(23-14)10-13-15(22)21(11-4-2-1-3-5-11)17(25-13)20-16-19-8-9-24-16/h6-11H,1-5H2/b13-10+,20-17+. The Bertz CT molecular complexity index is 823. The summed E-state index contributed by atoms with van der Waals surface area (Å²) in [5.41, 5.74) is 0. The number of carbonyl (C=O) groups excluding carboxylic acids is 1. The number of hydrogen-bond donors (Lipinski definition) is 0. The summed E-state index contributed by atoms with van der Waals surface area (Å²) in [6.07, 6.45) is 9.15. The number of aliphatic imine (C=N–C) groups is 1. The summed E-state index contributed by atoms with van der Waals surface area (Å²) in [4.78, 5) is 24.4. The van der Waals surface area contributed by atoms with E-state index in [0.717, 1.165) is 30.9 Å². The van der Waals surface area contributed by atoms with Crippen molar-refractivity contribution in [1.29, 1.82) is 0 Å². The van der Waals surface area contributed by atoms with Gasteiger partial charge in [-0.15, -0.1) is 11.3 Å². The van der Waals surface area contributed by atoms with Crippen molar-refractivity contribution >= 4 is 61.3 Å². The first-order chi connectivity index (χ1) is 12.2. The number of hydrogen-bond acceptors (Lipinski definition) is 6. The number of halogens is 1. The lowest BCUT2D eigenvalue weighted by atomic mass is 9.94. The summed E-state index contributed by atoms with van der Waals surface area (Å²) in [6, 6.07) is 3.88. The normalized spacial score (nSPS) is 22.4. The van der Waals surface area contributed by atoms with Crippen LogP contribution in [0.25, 0.3) is 6.08 Å². The molecule has 25 heavy (non-hydrogen) atoms. The van der Waals surface area contributed by atoms with Gasteiger partial charge in [0.05, 0.1) is 4.91 Å². The minimum absolute atomic E-state index is 0.0136. The van der Waals surface area contributed by atoms with Gasteiger partial charge in [0.1, 0.15) is 5.76 Å². The molecule has 8 heteroatoms. The van der Waals surface area contributed by atoms with Gasteiger partial charge in [0, 0.05) is 23.7 Å². The molecule has 2 aliphatic rings. The van der Waals surface area contributed by atoms with Crippen molar-refractivity contribution in [1.82, 2.24) is 9.88 Å². The zero-order valence-corrected chi connectivity index (χ0v) is 16.6. The quantitative estimate of drug-likeness (QED) is 0.600. The van der Waals surface area contributed by atoms with Gasteiger partial charge in [-0.05, 0) is 52.7 Å². The minimum atomic E-state index is 0.0136. The third-order valence-corrected chi connectivity index (χ3v) is 6.33. The molecular weight excluding hydrogens is 422 g/mol. The van der Waals surface area contributed by atoms with Crippen LogP contribution in [0.15, 0.2) is 42.7 Å². The fourth-order valence-electron chi connectivity index (χ4n) is 3.11. The van der Waals surface area contributed by atoms with Gasteiger partial charge in [-0.1, -0.05) is 19.3 Å². The predicted octanol–water partition coefficient (Wildman–Crippen LogP) is 5.44. The first-order valence-electron chi connectivity index (χ1n) is 8.17. The van der Waals surface area contributed by atoms with Crippen molar-refractivity contribution in [2.45, 2.75) is 38.1 Å². The van der Waals surface area contributed by atoms with E-state index in [0.29, 0.717) is 20.5 Å². The van der Waals surface area contributed by atoms with Crippen molar-refractivity contribution < 1.29 is 9.21 Å². The maximum atomic E-state index is 13.0. The Morgan fingerprint density at radius 3 is 2.84 bits per heavy atom. The number of nitrogens with zero attached hydrogens (tertiary/aromatic N) is 3. The van der Waals surface area contributed by atoms with Gasteiger partial charge in [0.2, 0.25) is 5.13 Å². The maximum absolute atomic E-state index is 13.0. The van der Waals surface area contributed by atoms with Crippen molar-refractivity contribution in [2.24, 2.45) is 4.99 Å². The predicted molar refractivity (Wildman–Crippen MR) is 105 cm³/mol. The number of amides is 1. The molecular formula is C17H16BrN3O2S2. The Kier molecular flexibility index (Phi) is 5.10. The summed E-state index contributed by atoms with van der Waals surface area (Å²) >= 11 is 6.17. The number of amidine groups is 1. The van der Waals surface area contributed by atoms with Crippen LogP contribution in [0.1, 0.15) is 37.9 Å². The van der Waals surface area contributed by atoms with Crippen LogP contribution in [0, 0.1) is 0 Å². The maximum Gasteiger partial charge on any atom is 0.267 e. The fourth-order valence-corrected chi connectivity index (χ4v) is 5.01. The Hall–Kier alpha value is -1.38. The first kappa shape index (κ1) is 17.1. The van der Waals surface area contributed by atoms with Gasteiger partial charge in [-0.25, -0.2) is 4.98 Å². The molecule has 5 nitrogen and oxygen atoms in total.